The minimum Gasteiger partial charge on any atom is -0.388 e. The summed E-state index contributed by atoms with van der Waals surface area (Å²) in [6.45, 7) is -0.676. The number of phosphoric acid groups is 1. The van der Waals surface area contributed by atoms with Gasteiger partial charge in [0.05, 0.1) is 12.7 Å². The van der Waals surface area contributed by atoms with Gasteiger partial charge in [0.1, 0.15) is 30.7 Å². The van der Waals surface area contributed by atoms with E-state index in [0.29, 0.717) is 6.29 Å². The smallest absolute Gasteiger partial charge is 0.388 e. The van der Waals surface area contributed by atoms with Gasteiger partial charge in [0.15, 0.2) is 0 Å². The van der Waals surface area contributed by atoms with Gasteiger partial charge >= 0.3 is 7.82 Å². The molecule has 106 valence electrons. The molecule has 0 amide bonds. The highest BCUT2D eigenvalue weighted by Crippen LogP contribution is 2.37. The number of aliphatic hydroxyl groups excluding tert-OH is 3. The van der Waals surface area contributed by atoms with Crippen molar-refractivity contribution in [3.8, 4) is 0 Å². The second-order valence-electron chi connectivity index (χ2n) is 3.87. The van der Waals surface area contributed by atoms with Crippen LogP contribution in [0.5, 0.6) is 0 Å². The predicted octanol–water partition coefficient (Wildman–Crippen LogP) is -2.47. The molecule has 9 nitrogen and oxygen atoms in total. The highest BCUT2D eigenvalue weighted by molar-refractivity contribution is 7.46. The van der Waals surface area contributed by atoms with Crippen molar-refractivity contribution in [3.05, 3.63) is 0 Å². The average Bonchev–Trinajstić information content (AvgIpc) is 2.27. The molecule has 0 saturated carbocycles. The highest BCUT2D eigenvalue weighted by Gasteiger charge is 2.43. The summed E-state index contributed by atoms with van der Waals surface area (Å²) in [5.41, 5.74) is 0. The molecule has 0 bridgehead atoms. The second kappa shape index (κ2) is 6.18. The molecular weight excluding hydrogens is 271 g/mol. The van der Waals surface area contributed by atoms with Gasteiger partial charge in [-0.1, -0.05) is 0 Å². The summed E-state index contributed by atoms with van der Waals surface area (Å²) in [5.74, 6) is 0. The van der Waals surface area contributed by atoms with Gasteiger partial charge in [0.2, 0.25) is 0 Å². The van der Waals surface area contributed by atoms with Crippen molar-refractivity contribution >= 4 is 14.1 Å². The molecule has 1 fully saturated rings. The van der Waals surface area contributed by atoms with Crippen LogP contribution in [0.15, 0.2) is 0 Å². The number of carbonyl (C=O) groups excluding carboxylic acids is 1. The van der Waals surface area contributed by atoms with Gasteiger partial charge in [0, 0.05) is 6.42 Å². The van der Waals surface area contributed by atoms with E-state index in [-0.39, 0.29) is 6.42 Å². The van der Waals surface area contributed by atoms with Crippen LogP contribution >= 0.6 is 7.82 Å². The van der Waals surface area contributed by atoms with Gasteiger partial charge in [-0.25, -0.2) is 4.57 Å². The summed E-state index contributed by atoms with van der Waals surface area (Å²) in [7, 11) is -4.73. The van der Waals surface area contributed by atoms with E-state index in [1.807, 2.05) is 0 Å². The lowest BCUT2D eigenvalue weighted by molar-refractivity contribution is -0.227. The third-order valence-electron chi connectivity index (χ3n) is 2.55. The topological polar surface area (TPSA) is 154 Å². The Kier molecular flexibility index (Phi) is 5.38. The number of aliphatic hydroxyl groups is 3. The minimum atomic E-state index is -4.73. The molecule has 0 radical (unpaired) electrons. The van der Waals surface area contributed by atoms with Crippen LogP contribution in [0.2, 0.25) is 0 Å². The SMILES string of the molecule is O=CC[C@@H]1OC(COP(=O)(O)O)[C@@H](O)[C@H](O)C1O. The number of ether oxygens (including phenoxy) is 1. The Morgan fingerprint density at radius 3 is 2.17 bits per heavy atom. The summed E-state index contributed by atoms with van der Waals surface area (Å²) in [4.78, 5) is 27.4. The third-order valence-corrected chi connectivity index (χ3v) is 3.03. The quantitative estimate of drug-likeness (QED) is 0.273. The third kappa shape index (κ3) is 4.08. The van der Waals surface area contributed by atoms with Crippen LogP contribution in [0.4, 0.5) is 0 Å². The molecule has 1 aliphatic rings. The van der Waals surface area contributed by atoms with E-state index in [1.54, 1.807) is 0 Å². The Morgan fingerprint density at radius 2 is 1.67 bits per heavy atom. The predicted molar refractivity (Wildman–Crippen MR) is 55.4 cm³/mol. The van der Waals surface area contributed by atoms with Gasteiger partial charge in [-0.3, -0.25) is 4.52 Å². The van der Waals surface area contributed by atoms with Crippen molar-refractivity contribution in [2.75, 3.05) is 6.61 Å². The van der Waals surface area contributed by atoms with E-state index in [4.69, 9.17) is 14.5 Å². The van der Waals surface area contributed by atoms with Crippen LogP contribution in [0.25, 0.3) is 0 Å². The van der Waals surface area contributed by atoms with E-state index < -0.39 is 44.9 Å². The maximum atomic E-state index is 10.5. The van der Waals surface area contributed by atoms with E-state index in [2.05, 4.69) is 4.52 Å². The second-order valence-corrected chi connectivity index (χ2v) is 5.11. The molecule has 0 aliphatic carbocycles. The molecule has 18 heavy (non-hydrogen) atoms. The van der Waals surface area contributed by atoms with Crippen LogP contribution in [0.1, 0.15) is 6.42 Å². The number of hydrogen-bond acceptors (Lipinski definition) is 7. The number of carbonyl (C=O) groups is 1. The molecule has 0 aromatic rings. The van der Waals surface area contributed by atoms with Crippen LogP contribution in [-0.2, 0) is 18.6 Å². The fraction of sp³-hybridized carbons (Fsp3) is 0.875. The van der Waals surface area contributed by atoms with Gasteiger partial charge in [-0.2, -0.15) is 0 Å². The molecule has 0 aromatic carbocycles. The van der Waals surface area contributed by atoms with E-state index in [1.165, 1.54) is 0 Å². The maximum Gasteiger partial charge on any atom is 0.469 e. The van der Waals surface area contributed by atoms with Gasteiger partial charge in [-0.15, -0.1) is 0 Å². The summed E-state index contributed by atoms with van der Waals surface area (Å²) in [6, 6.07) is 0. The summed E-state index contributed by atoms with van der Waals surface area (Å²) < 4.78 is 19.7. The Bertz CT molecular complexity index is 329. The average molecular weight is 286 g/mol. The first-order chi connectivity index (χ1) is 8.26. The number of hydrogen-bond donors (Lipinski definition) is 5. The molecule has 1 saturated heterocycles. The van der Waals surface area contributed by atoms with E-state index >= 15 is 0 Å². The lowest BCUT2D eigenvalue weighted by atomic mass is 9.94. The van der Waals surface area contributed by atoms with Crippen molar-refractivity contribution in [2.24, 2.45) is 0 Å². The Hall–Kier alpha value is -0.380. The Balaban J connectivity index is 2.66. The fourth-order valence-corrected chi connectivity index (χ4v) is 1.97. The van der Waals surface area contributed by atoms with Crippen LogP contribution in [0, 0.1) is 0 Å². The standard InChI is InChI=1S/C8H15O9P/c9-2-1-4-6(10)8(12)7(11)5(17-4)3-16-18(13,14)15/h2,4-8,10-12H,1,3H2,(H2,13,14,15)/t4-,5?,6?,7+,8+/m0/s1. The monoisotopic (exact) mass is 286 g/mol. The number of aldehydes is 1. The summed E-state index contributed by atoms with van der Waals surface area (Å²) >= 11 is 0. The van der Waals surface area contributed by atoms with Crippen molar-refractivity contribution in [1.82, 2.24) is 0 Å². The lowest BCUT2D eigenvalue weighted by Crippen LogP contribution is -2.58. The van der Waals surface area contributed by atoms with Crippen molar-refractivity contribution < 1.29 is 43.7 Å². The number of rotatable bonds is 5. The van der Waals surface area contributed by atoms with Crippen molar-refractivity contribution in [3.63, 3.8) is 0 Å². The Morgan fingerprint density at radius 1 is 1.11 bits per heavy atom. The zero-order valence-electron chi connectivity index (χ0n) is 9.19. The van der Waals surface area contributed by atoms with E-state index in [9.17, 15) is 24.7 Å². The highest BCUT2D eigenvalue weighted by atomic mass is 31.2. The zero-order valence-corrected chi connectivity index (χ0v) is 10.1. The summed E-state index contributed by atoms with van der Waals surface area (Å²) in [6.07, 6.45) is -6.71. The molecule has 1 aliphatic heterocycles. The fourth-order valence-electron chi connectivity index (χ4n) is 1.63. The van der Waals surface area contributed by atoms with Crippen LogP contribution in [-0.4, -0.2) is 68.5 Å². The van der Waals surface area contributed by atoms with Crippen LogP contribution in [0.3, 0.4) is 0 Å². The molecule has 10 heteroatoms. The molecule has 0 aromatic heterocycles. The lowest BCUT2D eigenvalue weighted by Gasteiger charge is -2.39. The van der Waals surface area contributed by atoms with Gasteiger partial charge in [-0.05, 0) is 0 Å². The molecule has 5 N–H and O–H groups in total. The van der Waals surface area contributed by atoms with Crippen molar-refractivity contribution in [2.45, 2.75) is 36.9 Å². The molecule has 0 spiro atoms. The number of phosphoric ester groups is 1. The molecule has 2 unspecified atom stereocenters. The first-order valence-corrected chi connectivity index (χ1v) is 6.62. The maximum absolute atomic E-state index is 10.5. The molecule has 1 heterocycles. The molecule has 1 rings (SSSR count). The van der Waals surface area contributed by atoms with Gasteiger partial charge in [0.25, 0.3) is 0 Å². The van der Waals surface area contributed by atoms with Crippen LogP contribution < -0.4 is 0 Å². The first kappa shape index (κ1) is 15.7. The first-order valence-electron chi connectivity index (χ1n) is 5.09. The molecule has 5 atom stereocenters. The normalized spacial score (nSPS) is 37.5. The largest absolute Gasteiger partial charge is 0.469 e. The van der Waals surface area contributed by atoms with E-state index in [0.717, 1.165) is 0 Å². The minimum absolute atomic E-state index is 0.225. The molecular formula is C8H15O9P. The zero-order chi connectivity index (χ0) is 13.9. The van der Waals surface area contributed by atoms with Crippen molar-refractivity contribution in [1.29, 1.82) is 0 Å². The summed E-state index contributed by atoms with van der Waals surface area (Å²) in [5, 5.41) is 28.5. The Labute approximate surface area is 102 Å². The van der Waals surface area contributed by atoms with Gasteiger partial charge < -0.3 is 34.6 Å².